The van der Waals surface area contributed by atoms with Crippen molar-refractivity contribution in [3.8, 4) is 0 Å². The van der Waals surface area contributed by atoms with Crippen LogP contribution in [0.1, 0.15) is 24.9 Å². The Morgan fingerprint density at radius 3 is 2.71 bits per heavy atom. The molecule has 0 spiro atoms. The largest absolute Gasteiger partial charge is 0.465 e. The molecule has 2 atom stereocenters. The van der Waals surface area contributed by atoms with Gasteiger partial charge in [-0.25, -0.2) is 5.06 Å². The van der Waals surface area contributed by atoms with Crippen molar-refractivity contribution in [2.24, 2.45) is 5.92 Å². The highest BCUT2D eigenvalue weighted by molar-refractivity contribution is 6.03. The molecule has 1 heterocycles. The monoisotopic (exact) mass is 289 g/mol. The first-order valence-electron chi connectivity index (χ1n) is 6.99. The van der Waals surface area contributed by atoms with Crippen LogP contribution in [0.4, 0.5) is 0 Å². The van der Waals surface area contributed by atoms with Crippen LogP contribution in [-0.4, -0.2) is 30.2 Å². The second-order valence-electron chi connectivity index (χ2n) is 4.66. The van der Waals surface area contributed by atoms with Gasteiger partial charge in [0.2, 0.25) is 0 Å². The Morgan fingerprint density at radius 2 is 2.10 bits per heavy atom. The maximum atomic E-state index is 12.1. The third-order valence-corrected chi connectivity index (χ3v) is 3.29. The molecular weight excluding hydrogens is 270 g/mol. The number of β-lactam (4-membered cyclic amide) rings is 1. The molecule has 0 saturated carbocycles. The van der Waals surface area contributed by atoms with E-state index in [4.69, 9.17) is 9.57 Å². The molecular formula is C16H19NO4. The summed E-state index contributed by atoms with van der Waals surface area (Å²) in [5, 5.41) is 1.26. The van der Waals surface area contributed by atoms with E-state index >= 15 is 0 Å². The minimum atomic E-state index is -0.823. The number of carbonyl (C=O) groups is 2. The second kappa shape index (κ2) is 7.04. The zero-order valence-corrected chi connectivity index (χ0v) is 12.0. The van der Waals surface area contributed by atoms with Crippen LogP contribution in [0.25, 0.3) is 0 Å². The van der Waals surface area contributed by atoms with E-state index in [2.05, 4.69) is 6.58 Å². The molecule has 0 aromatic heterocycles. The first kappa shape index (κ1) is 15.3. The molecule has 1 aliphatic rings. The van der Waals surface area contributed by atoms with E-state index < -0.39 is 17.9 Å². The first-order chi connectivity index (χ1) is 10.2. The van der Waals surface area contributed by atoms with Gasteiger partial charge in [0.05, 0.1) is 13.2 Å². The molecule has 0 aliphatic carbocycles. The van der Waals surface area contributed by atoms with Crippen LogP contribution >= 0.6 is 0 Å². The van der Waals surface area contributed by atoms with Gasteiger partial charge < -0.3 is 4.74 Å². The fourth-order valence-electron chi connectivity index (χ4n) is 2.28. The lowest BCUT2D eigenvalue weighted by Crippen LogP contribution is -2.58. The zero-order valence-electron chi connectivity index (χ0n) is 12.0. The Balaban J connectivity index is 2.16. The summed E-state index contributed by atoms with van der Waals surface area (Å²) in [5.41, 5.74) is 0.855. The van der Waals surface area contributed by atoms with Crippen molar-refractivity contribution in [1.29, 1.82) is 0 Å². The number of hydrogen-bond donors (Lipinski definition) is 0. The fraction of sp³-hybridized carbons (Fsp3) is 0.375. The van der Waals surface area contributed by atoms with Gasteiger partial charge in [-0.3, -0.25) is 14.4 Å². The molecule has 1 saturated heterocycles. The number of rotatable bonds is 7. The minimum Gasteiger partial charge on any atom is -0.465 e. The Kier molecular flexibility index (Phi) is 5.11. The van der Waals surface area contributed by atoms with Gasteiger partial charge in [-0.15, -0.1) is 6.58 Å². The predicted molar refractivity (Wildman–Crippen MR) is 76.9 cm³/mol. The molecule has 2 rings (SSSR count). The summed E-state index contributed by atoms with van der Waals surface area (Å²) in [6.07, 6.45) is 2.35. The number of amides is 1. The maximum absolute atomic E-state index is 12.1. The molecule has 1 aromatic carbocycles. The van der Waals surface area contributed by atoms with E-state index in [-0.39, 0.29) is 12.5 Å². The average molecular weight is 289 g/mol. The van der Waals surface area contributed by atoms with Crippen LogP contribution in [0, 0.1) is 5.92 Å². The number of benzene rings is 1. The topological polar surface area (TPSA) is 55.8 Å². The number of hydrogen-bond acceptors (Lipinski definition) is 4. The van der Waals surface area contributed by atoms with Crippen LogP contribution in [0.5, 0.6) is 0 Å². The third kappa shape index (κ3) is 3.13. The van der Waals surface area contributed by atoms with Crippen molar-refractivity contribution in [3.63, 3.8) is 0 Å². The van der Waals surface area contributed by atoms with Crippen molar-refractivity contribution in [2.75, 3.05) is 13.2 Å². The number of carbonyl (C=O) groups excluding carboxylic acids is 2. The molecule has 5 heteroatoms. The molecule has 0 N–H and O–H groups in total. The van der Waals surface area contributed by atoms with E-state index in [1.165, 1.54) is 5.06 Å². The van der Waals surface area contributed by atoms with Crippen LogP contribution in [0.3, 0.4) is 0 Å². The zero-order chi connectivity index (χ0) is 15.2. The molecule has 112 valence electrons. The van der Waals surface area contributed by atoms with Gasteiger partial charge in [-0.05, 0) is 18.9 Å². The molecule has 1 fully saturated rings. The van der Waals surface area contributed by atoms with Gasteiger partial charge in [0.15, 0.2) is 5.92 Å². The third-order valence-electron chi connectivity index (χ3n) is 3.29. The van der Waals surface area contributed by atoms with Crippen LogP contribution < -0.4 is 0 Å². The molecule has 21 heavy (non-hydrogen) atoms. The van der Waals surface area contributed by atoms with E-state index in [0.29, 0.717) is 13.0 Å². The normalized spacial score (nSPS) is 20.8. The molecule has 1 amide bonds. The van der Waals surface area contributed by atoms with Gasteiger partial charge in [0, 0.05) is 0 Å². The smallest absolute Gasteiger partial charge is 0.321 e. The highest BCUT2D eigenvalue weighted by Crippen LogP contribution is 2.40. The van der Waals surface area contributed by atoms with Gasteiger partial charge in [0.25, 0.3) is 5.91 Å². The summed E-state index contributed by atoms with van der Waals surface area (Å²) in [4.78, 5) is 29.5. The minimum absolute atomic E-state index is 0.251. The Labute approximate surface area is 124 Å². The molecule has 0 radical (unpaired) electrons. The van der Waals surface area contributed by atoms with Gasteiger partial charge in [0.1, 0.15) is 6.04 Å². The van der Waals surface area contributed by atoms with Gasteiger partial charge in [-0.1, -0.05) is 36.4 Å². The summed E-state index contributed by atoms with van der Waals surface area (Å²) >= 11 is 0. The number of ether oxygens (including phenoxy) is 1. The lowest BCUT2D eigenvalue weighted by atomic mass is 9.84. The van der Waals surface area contributed by atoms with Crippen molar-refractivity contribution >= 4 is 11.9 Å². The Morgan fingerprint density at radius 1 is 1.38 bits per heavy atom. The molecule has 0 bridgehead atoms. The summed E-state index contributed by atoms with van der Waals surface area (Å²) in [6.45, 7) is 5.93. The SMILES string of the molecule is C=CCCON1C(=O)[C@H](C(=O)OCC)[C@H]1c1ccccc1. The quantitative estimate of drug-likeness (QED) is 0.254. The molecule has 0 unspecified atom stereocenters. The first-order valence-corrected chi connectivity index (χ1v) is 6.99. The summed E-state index contributed by atoms with van der Waals surface area (Å²) < 4.78 is 4.98. The summed E-state index contributed by atoms with van der Waals surface area (Å²) in [5.74, 6) is -1.68. The molecule has 5 nitrogen and oxygen atoms in total. The number of hydroxylamine groups is 2. The van der Waals surface area contributed by atoms with Crippen molar-refractivity contribution in [1.82, 2.24) is 5.06 Å². The van der Waals surface area contributed by atoms with Crippen molar-refractivity contribution in [2.45, 2.75) is 19.4 Å². The fourth-order valence-corrected chi connectivity index (χ4v) is 2.28. The highest BCUT2D eigenvalue weighted by atomic mass is 16.7. The Bertz CT molecular complexity index is 514. The van der Waals surface area contributed by atoms with Crippen LogP contribution in [0.15, 0.2) is 43.0 Å². The van der Waals surface area contributed by atoms with E-state index in [9.17, 15) is 9.59 Å². The van der Waals surface area contributed by atoms with Crippen molar-refractivity contribution < 1.29 is 19.2 Å². The number of nitrogens with zero attached hydrogens (tertiary/aromatic N) is 1. The highest BCUT2D eigenvalue weighted by Gasteiger charge is 2.54. The standard InChI is InChI=1S/C16H19NO4/c1-3-5-11-21-17-14(12-9-7-6-8-10-12)13(15(17)18)16(19)20-4-2/h3,6-10,13-14H,1,4-5,11H2,2H3/t13-,14-/m1/s1. The van der Waals surface area contributed by atoms with Gasteiger partial charge >= 0.3 is 5.97 Å². The van der Waals surface area contributed by atoms with Crippen LogP contribution in [0.2, 0.25) is 0 Å². The second-order valence-corrected chi connectivity index (χ2v) is 4.66. The van der Waals surface area contributed by atoms with Gasteiger partial charge in [-0.2, -0.15) is 0 Å². The maximum Gasteiger partial charge on any atom is 0.321 e. The van der Waals surface area contributed by atoms with Crippen LogP contribution in [-0.2, 0) is 19.2 Å². The lowest BCUT2D eigenvalue weighted by molar-refractivity contribution is -0.246. The summed E-state index contributed by atoms with van der Waals surface area (Å²) in [6, 6.07) is 8.92. The van der Waals surface area contributed by atoms with E-state index in [1.54, 1.807) is 13.0 Å². The van der Waals surface area contributed by atoms with E-state index in [0.717, 1.165) is 5.56 Å². The number of esters is 1. The average Bonchev–Trinajstić information content (AvgIpc) is 2.49. The van der Waals surface area contributed by atoms with E-state index in [1.807, 2.05) is 30.3 Å². The predicted octanol–water partition coefficient (Wildman–Crippen LogP) is 2.26. The lowest BCUT2D eigenvalue weighted by Gasteiger charge is -2.44. The molecule has 1 aliphatic heterocycles. The Hall–Kier alpha value is -2.14. The summed E-state index contributed by atoms with van der Waals surface area (Å²) in [7, 11) is 0. The molecule has 1 aromatic rings. The van der Waals surface area contributed by atoms with Crippen molar-refractivity contribution in [3.05, 3.63) is 48.6 Å².